The molecule has 0 unspecified atom stereocenters. The van der Waals surface area contributed by atoms with E-state index in [0.717, 1.165) is 29.9 Å². The van der Waals surface area contributed by atoms with Gasteiger partial charge in [0, 0.05) is 24.2 Å². The van der Waals surface area contributed by atoms with Gasteiger partial charge in [-0.25, -0.2) is 0 Å². The third kappa shape index (κ3) is 8.63. The fourth-order valence-electron chi connectivity index (χ4n) is 10.3. The van der Waals surface area contributed by atoms with Crippen LogP contribution in [0.25, 0.3) is 77.2 Å². The van der Waals surface area contributed by atoms with Gasteiger partial charge in [-0.3, -0.25) is 0 Å². The van der Waals surface area contributed by atoms with Crippen LogP contribution in [0.15, 0.2) is 220 Å². The van der Waals surface area contributed by atoms with Crippen molar-refractivity contribution in [1.82, 2.24) is 0 Å². The van der Waals surface area contributed by atoms with Gasteiger partial charge < -0.3 is 10.0 Å². The number of hydrogen-bond acceptors (Lipinski definition) is 2. The standard InChI is InChI=1S/C31H23Br.C16H13BO2.C15H12Br2/c1-31(2)29-15-13-23(18-27(29)28-19-24(32)14-16-30(28)31)26-10-6-5-9-25(26)22-12-11-20-7-3-4-8-21(20)17-22;18-17(19)16-8-4-3-7-15(16)14-10-9-12-5-1-2-6-13(12)11-14;1-15(2)13-5-3-9(16)7-11(13)12-8-10(17)4-6-14(12)15/h3-19H,1-2H3;1-11,18-19H;3-8H,1-2H3. The Morgan fingerprint density at radius 2 is 0.632 bits per heavy atom. The molecular weight excluding hydrogens is 1030 g/mol. The van der Waals surface area contributed by atoms with Crippen molar-refractivity contribution in [2.24, 2.45) is 0 Å². The third-order valence-corrected chi connectivity index (χ3v) is 15.3. The van der Waals surface area contributed by atoms with E-state index >= 15 is 0 Å². The van der Waals surface area contributed by atoms with E-state index in [4.69, 9.17) is 0 Å². The molecule has 0 fully saturated rings. The number of hydrogen-bond donors (Lipinski definition) is 2. The highest BCUT2D eigenvalue weighted by Gasteiger charge is 2.36. The Morgan fingerprint density at radius 3 is 1.07 bits per heavy atom. The molecule has 0 saturated heterocycles. The van der Waals surface area contributed by atoms with Crippen molar-refractivity contribution in [2.45, 2.75) is 38.5 Å². The zero-order valence-corrected chi connectivity index (χ0v) is 43.0. The Bertz CT molecular complexity index is 3500. The van der Waals surface area contributed by atoms with Crippen LogP contribution in [0.3, 0.4) is 0 Å². The topological polar surface area (TPSA) is 40.5 Å². The monoisotopic (exact) mass is 1070 g/mol. The maximum Gasteiger partial charge on any atom is 0.489 e. The minimum Gasteiger partial charge on any atom is -0.423 e. The molecule has 0 spiro atoms. The SMILES string of the molecule is CC1(C)c2ccc(Br)cc2-c2cc(-c3ccccc3-c3ccc4ccccc4c3)ccc21.CC1(C)c2ccc(Br)cc2-c2cc(Br)ccc21.OB(O)c1ccccc1-c1ccc2ccccc2c1. The van der Waals surface area contributed by atoms with Crippen molar-refractivity contribution in [2.75, 3.05) is 0 Å². The molecule has 0 aliphatic heterocycles. The number of rotatable bonds is 4. The van der Waals surface area contributed by atoms with Gasteiger partial charge in [-0.2, -0.15) is 0 Å². The van der Waals surface area contributed by atoms with Crippen molar-refractivity contribution in [3.8, 4) is 55.6 Å². The molecule has 332 valence electrons. The van der Waals surface area contributed by atoms with E-state index in [0.29, 0.717) is 5.46 Å². The number of halogens is 3. The van der Waals surface area contributed by atoms with Gasteiger partial charge >= 0.3 is 7.12 Å². The highest BCUT2D eigenvalue weighted by atomic mass is 79.9. The molecule has 6 heteroatoms. The Kier molecular flexibility index (Phi) is 12.5. The van der Waals surface area contributed by atoms with Crippen LogP contribution in [0.4, 0.5) is 0 Å². The lowest BCUT2D eigenvalue weighted by Crippen LogP contribution is -2.31. The summed E-state index contributed by atoms with van der Waals surface area (Å²) in [7, 11) is -1.46. The van der Waals surface area contributed by atoms with Crippen LogP contribution in [-0.4, -0.2) is 17.2 Å². The molecule has 0 amide bonds. The highest BCUT2D eigenvalue weighted by Crippen LogP contribution is 2.52. The molecule has 0 radical (unpaired) electrons. The Morgan fingerprint density at radius 1 is 0.309 bits per heavy atom. The first-order valence-corrected chi connectivity index (χ1v) is 25.2. The lowest BCUT2D eigenvalue weighted by molar-refractivity contribution is 0.426. The summed E-state index contributed by atoms with van der Waals surface area (Å²) in [5.74, 6) is 0. The second-order valence-electron chi connectivity index (χ2n) is 18.7. The summed E-state index contributed by atoms with van der Waals surface area (Å²) < 4.78 is 3.40. The molecule has 10 aromatic carbocycles. The Hall–Kier alpha value is -5.86. The smallest absolute Gasteiger partial charge is 0.423 e. The summed E-state index contributed by atoms with van der Waals surface area (Å²) in [5.41, 5.74) is 18.5. The van der Waals surface area contributed by atoms with Gasteiger partial charge in [0.2, 0.25) is 0 Å². The predicted octanol–water partition coefficient (Wildman–Crippen LogP) is 16.9. The molecule has 0 aromatic heterocycles. The molecule has 68 heavy (non-hydrogen) atoms. The first kappa shape index (κ1) is 45.9. The molecule has 2 nitrogen and oxygen atoms in total. The fourth-order valence-corrected chi connectivity index (χ4v) is 11.4. The van der Waals surface area contributed by atoms with Crippen LogP contribution >= 0.6 is 47.8 Å². The Balaban J connectivity index is 0.000000128. The van der Waals surface area contributed by atoms with E-state index in [1.54, 1.807) is 12.1 Å². The maximum atomic E-state index is 9.43. The first-order chi connectivity index (χ1) is 32.8. The van der Waals surface area contributed by atoms with Crippen LogP contribution in [-0.2, 0) is 10.8 Å². The zero-order chi connectivity index (χ0) is 47.3. The van der Waals surface area contributed by atoms with Gasteiger partial charge in [0.1, 0.15) is 0 Å². The van der Waals surface area contributed by atoms with Crippen LogP contribution in [0.2, 0.25) is 0 Å². The molecule has 0 bridgehead atoms. The van der Waals surface area contributed by atoms with E-state index in [1.807, 2.05) is 36.4 Å². The number of benzene rings is 10. The molecule has 2 aliphatic rings. The normalized spacial score (nSPS) is 13.3. The summed E-state index contributed by atoms with van der Waals surface area (Å²) in [6.07, 6.45) is 0. The minimum atomic E-state index is -1.46. The van der Waals surface area contributed by atoms with Gasteiger partial charge in [-0.1, -0.05) is 227 Å². The molecule has 12 rings (SSSR count). The summed E-state index contributed by atoms with van der Waals surface area (Å²) in [6, 6.07) is 72.5. The second-order valence-corrected chi connectivity index (χ2v) is 21.5. The minimum absolute atomic E-state index is 0.0156. The van der Waals surface area contributed by atoms with Crippen LogP contribution in [0, 0.1) is 0 Å². The largest absolute Gasteiger partial charge is 0.489 e. The van der Waals surface area contributed by atoms with Gasteiger partial charge in [-0.15, -0.1) is 0 Å². The second kappa shape index (κ2) is 18.6. The summed E-state index contributed by atoms with van der Waals surface area (Å²) in [4.78, 5) is 0. The molecule has 2 aliphatic carbocycles. The summed E-state index contributed by atoms with van der Waals surface area (Å²) >= 11 is 10.8. The van der Waals surface area contributed by atoms with Crippen molar-refractivity contribution in [3.05, 3.63) is 242 Å². The third-order valence-electron chi connectivity index (χ3n) is 13.8. The van der Waals surface area contributed by atoms with Crippen LogP contribution in [0.1, 0.15) is 49.9 Å². The zero-order valence-electron chi connectivity index (χ0n) is 38.2. The van der Waals surface area contributed by atoms with Crippen molar-refractivity contribution in [3.63, 3.8) is 0 Å². The lowest BCUT2D eigenvalue weighted by Gasteiger charge is -2.21. The van der Waals surface area contributed by atoms with E-state index in [1.165, 1.54) is 82.9 Å². The first-order valence-electron chi connectivity index (χ1n) is 22.9. The summed E-state index contributed by atoms with van der Waals surface area (Å²) in [5, 5.41) is 23.7. The predicted molar refractivity (Wildman–Crippen MR) is 299 cm³/mol. The van der Waals surface area contributed by atoms with Crippen molar-refractivity contribution >= 4 is 81.9 Å². The molecule has 0 heterocycles. The average Bonchev–Trinajstić information content (AvgIpc) is 3.71. The quantitative estimate of drug-likeness (QED) is 0.172. The molecule has 0 saturated carbocycles. The summed E-state index contributed by atoms with van der Waals surface area (Å²) in [6.45, 7) is 9.24. The molecule has 10 aromatic rings. The molecular formula is C62H48BBr3O2. The average molecular weight is 1080 g/mol. The van der Waals surface area contributed by atoms with E-state index in [9.17, 15) is 10.0 Å². The van der Waals surface area contributed by atoms with Gasteiger partial charge in [0.25, 0.3) is 0 Å². The van der Waals surface area contributed by atoms with E-state index in [-0.39, 0.29) is 10.8 Å². The highest BCUT2D eigenvalue weighted by molar-refractivity contribution is 9.11. The molecule has 2 N–H and O–H groups in total. The van der Waals surface area contributed by atoms with Crippen LogP contribution in [0.5, 0.6) is 0 Å². The maximum absolute atomic E-state index is 9.43. The van der Waals surface area contributed by atoms with E-state index in [2.05, 4.69) is 233 Å². The van der Waals surface area contributed by atoms with Crippen molar-refractivity contribution in [1.29, 1.82) is 0 Å². The molecule has 0 atom stereocenters. The Labute approximate surface area is 424 Å². The lowest BCUT2D eigenvalue weighted by atomic mass is 9.75. The van der Waals surface area contributed by atoms with Crippen molar-refractivity contribution < 1.29 is 10.0 Å². The van der Waals surface area contributed by atoms with Gasteiger partial charge in [0.15, 0.2) is 0 Å². The van der Waals surface area contributed by atoms with Crippen LogP contribution < -0.4 is 5.46 Å². The van der Waals surface area contributed by atoms with Gasteiger partial charge in [0.05, 0.1) is 0 Å². The fraction of sp³-hybridized carbons (Fsp3) is 0.0968. The number of fused-ring (bicyclic) bond motifs is 8. The van der Waals surface area contributed by atoms with Gasteiger partial charge in [-0.05, 0) is 159 Å². The van der Waals surface area contributed by atoms with E-state index < -0.39 is 7.12 Å².